The van der Waals surface area contributed by atoms with Gasteiger partial charge in [-0.3, -0.25) is 9.69 Å². The molecule has 5 nitrogen and oxygen atoms in total. The van der Waals surface area contributed by atoms with Crippen LogP contribution in [0, 0.1) is 0 Å². The van der Waals surface area contributed by atoms with Crippen molar-refractivity contribution in [2.24, 2.45) is 0 Å². The molecule has 0 unspecified atom stereocenters. The SMILES string of the molecule is COc1ccc([C@H]2C[C@@H](N3[C@@H](c4ccccc4)COC3(C)C)C(=O)O2)cc1. The lowest BCUT2D eigenvalue weighted by Gasteiger charge is -2.36. The average molecular weight is 367 g/mol. The van der Waals surface area contributed by atoms with Crippen molar-refractivity contribution in [3.8, 4) is 5.75 Å². The first-order valence-electron chi connectivity index (χ1n) is 9.31. The predicted molar refractivity (Wildman–Crippen MR) is 101 cm³/mol. The summed E-state index contributed by atoms with van der Waals surface area (Å²) in [5.74, 6) is 0.605. The zero-order chi connectivity index (χ0) is 19.0. The Morgan fingerprint density at radius 2 is 1.70 bits per heavy atom. The summed E-state index contributed by atoms with van der Waals surface area (Å²) in [4.78, 5) is 15.0. The van der Waals surface area contributed by atoms with Crippen LogP contribution in [0.3, 0.4) is 0 Å². The van der Waals surface area contributed by atoms with Gasteiger partial charge >= 0.3 is 5.97 Å². The van der Waals surface area contributed by atoms with Crippen LogP contribution in [0.1, 0.15) is 43.5 Å². The maximum absolute atomic E-state index is 12.8. The third-order valence-electron chi connectivity index (χ3n) is 5.53. The fourth-order valence-electron chi connectivity index (χ4n) is 4.15. The molecule has 2 aromatic rings. The van der Waals surface area contributed by atoms with E-state index in [0.29, 0.717) is 13.0 Å². The molecule has 0 aromatic heterocycles. The van der Waals surface area contributed by atoms with Crippen molar-refractivity contribution in [3.05, 3.63) is 65.7 Å². The number of nitrogens with zero attached hydrogens (tertiary/aromatic N) is 1. The van der Waals surface area contributed by atoms with Crippen molar-refractivity contribution < 1.29 is 19.0 Å². The van der Waals surface area contributed by atoms with E-state index in [2.05, 4.69) is 17.0 Å². The van der Waals surface area contributed by atoms with Gasteiger partial charge in [0, 0.05) is 6.42 Å². The summed E-state index contributed by atoms with van der Waals surface area (Å²) in [6, 6.07) is 17.6. The number of carbonyl (C=O) groups is 1. The van der Waals surface area contributed by atoms with Gasteiger partial charge in [-0.1, -0.05) is 42.5 Å². The molecule has 27 heavy (non-hydrogen) atoms. The van der Waals surface area contributed by atoms with Crippen molar-refractivity contribution in [2.45, 2.75) is 44.2 Å². The highest BCUT2D eigenvalue weighted by atomic mass is 16.6. The fraction of sp³-hybridized carbons (Fsp3) is 0.409. The minimum atomic E-state index is -0.529. The Hall–Kier alpha value is -2.37. The Morgan fingerprint density at radius 3 is 2.37 bits per heavy atom. The van der Waals surface area contributed by atoms with E-state index in [-0.39, 0.29) is 24.2 Å². The molecule has 0 radical (unpaired) electrons. The number of carbonyl (C=O) groups excluding carboxylic acids is 1. The summed E-state index contributed by atoms with van der Waals surface area (Å²) in [7, 11) is 1.64. The number of methoxy groups -OCH3 is 1. The number of esters is 1. The molecule has 2 heterocycles. The summed E-state index contributed by atoms with van der Waals surface area (Å²) in [5, 5.41) is 0. The summed E-state index contributed by atoms with van der Waals surface area (Å²) in [6.07, 6.45) is 0.364. The van der Waals surface area contributed by atoms with Gasteiger partial charge < -0.3 is 14.2 Å². The predicted octanol–water partition coefficient (Wildman–Crippen LogP) is 3.86. The average Bonchev–Trinajstić information content (AvgIpc) is 3.21. The van der Waals surface area contributed by atoms with Gasteiger partial charge in [0.25, 0.3) is 0 Å². The van der Waals surface area contributed by atoms with Crippen LogP contribution in [0.4, 0.5) is 0 Å². The first-order valence-corrected chi connectivity index (χ1v) is 9.31. The molecule has 5 heteroatoms. The third-order valence-corrected chi connectivity index (χ3v) is 5.53. The molecule has 0 amide bonds. The summed E-state index contributed by atoms with van der Waals surface area (Å²) in [5.41, 5.74) is 1.61. The van der Waals surface area contributed by atoms with Crippen molar-refractivity contribution in [1.29, 1.82) is 0 Å². The fourth-order valence-corrected chi connectivity index (χ4v) is 4.15. The molecule has 2 aromatic carbocycles. The monoisotopic (exact) mass is 367 g/mol. The number of benzene rings is 2. The second-order valence-electron chi connectivity index (χ2n) is 7.54. The standard InChI is InChI=1S/C22H25NO4/c1-22(2)23(19(14-26-22)15-7-5-4-6-8-15)18-13-20(27-21(18)24)16-9-11-17(25-3)12-10-16/h4-12,18-20H,13-14H2,1-3H3/t18-,19-,20-/m1/s1. The second kappa shape index (κ2) is 6.98. The van der Waals surface area contributed by atoms with Crippen LogP contribution in [0.15, 0.2) is 54.6 Å². The maximum atomic E-state index is 12.8. The zero-order valence-electron chi connectivity index (χ0n) is 15.9. The summed E-state index contributed by atoms with van der Waals surface area (Å²) in [6.45, 7) is 4.60. The molecule has 0 saturated carbocycles. The molecule has 0 bridgehead atoms. The van der Waals surface area contributed by atoms with Crippen LogP contribution in [-0.4, -0.2) is 36.4 Å². The molecule has 2 fully saturated rings. The van der Waals surface area contributed by atoms with Crippen LogP contribution >= 0.6 is 0 Å². The Balaban J connectivity index is 1.59. The van der Waals surface area contributed by atoms with E-state index in [1.165, 1.54) is 0 Å². The minimum Gasteiger partial charge on any atom is -0.497 e. The van der Waals surface area contributed by atoms with Gasteiger partial charge in [0.2, 0.25) is 0 Å². The van der Waals surface area contributed by atoms with E-state index in [0.717, 1.165) is 16.9 Å². The zero-order valence-corrected chi connectivity index (χ0v) is 15.9. The van der Waals surface area contributed by atoms with Gasteiger partial charge in [0.1, 0.15) is 23.6 Å². The first-order chi connectivity index (χ1) is 13.0. The van der Waals surface area contributed by atoms with E-state index in [9.17, 15) is 4.79 Å². The molecule has 2 aliphatic rings. The van der Waals surface area contributed by atoms with E-state index < -0.39 is 5.72 Å². The summed E-state index contributed by atoms with van der Waals surface area (Å²) < 4.78 is 17.0. The molecule has 3 atom stereocenters. The van der Waals surface area contributed by atoms with E-state index in [1.54, 1.807) is 7.11 Å². The van der Waals surface area contributed by atoms with Gasteiger partial charge in [-0.25, -0.2) is 0 Å². The van der Waals surface area contributed by atoms with Crippen LogP contribution in [-0.2, 0) is 14.3 Å². The Bertz CT molecular complexity index is 803. The molecule has 2 aliphatic heterocycles. The van der Waals surface area contributed by atoms with Crippen molar-refractivity contribution in [2.75, 3.05) is 13.7 Å². The minimum absolute atomic E-state index is 0.0355. The normalized spacial score (nSPS) is 27.5. The first kappa shape index (κ1) is 18.0. The van der Waals surface area contributed by atoms with Gasteiger partial charge in [0.15, 0.2) is 0 Å². The number of hydrogen-bond acceptors (Lipinski definition) is 5. The van der Waals surface area contributed by atoms with Crippen molar-refractivity contribution >= 4 is 5.97 Å². The van der Waals surface area contributed by atoms with Gasteiger partial charge in [0.05, 0.1) is 19.8 Å². The van der Waals surface area contributed by atoms with Gasteiger partial charge in [-0.05, 0) is 37.1 Å². The Kier molecular flexibility index (Phi) is 4.66. The number of rotatable bonds is 4. The van der Waals surface area contributed by atoms with Gasteiger partial charge in [-0.2, -0.15) is 0 Å². The number of ether oxygens (including phenoxy) is 3. The van der Waals surface area contributed by atoms with E-state index >= 15 is 0 Å². The van der Waals surface area contributed by atoms with Crippen molar-refractivity contribution in [1.82, 2.24) is 4.90 Å². The van der Waals surface area contributed by atoms with Crippen LogP contribution in [0.25, 0.3) is 0 Å². The molecule has 142 valence electrons. The molecule has 0 aliphatic carbocycles. The Morgan fingerprint density at radius 1 is 1.00 bits per heavy atom. The van der Waals surface area contributed by atoms with Gasteiger partial charge in [-0.15, -0.1) is 0 Å². The smallest absolute Gasteiger partial charge is 0.324 e. The highest BCUT2D eigenvalue weighted by Gasteiger charge is 2.51. The highest BCUT2D eigenvalue weighted by Crippen LogP contribution is 2.44. The van der Waals surface area contributed by atoms with Crippen molar-refractivity contribution in [3.63, 3.8) is 0 Å². The largest absolute Gasteiger partial charge is 0.497 e. The molecule has 0 spiro atoms. The third kappa shape index (κ3) is 3.33. The van der Waals surface area contributed by atoms with Crippen LogP contribution < -0.4 is 4.74 Å². The Labute approximate surface area is 159 Å². The van der Waals surface area contributed by atoms with E-state index in [1.807, 2.05) is 56.3 Å². The molecule has 0 N–H and O–H groups in total. The molecular weight excluding hydrogens is 342 g/mol. The highest BCUT2D eigenvalue weighted by molar-refractivity contribution is 5.78. The van der Waals surface area contributed by atoms with E-state index in [4.69, 9.17) is 14.2 Å². The number of hydrogen-bond donors (Lipinski definition) is 0. The lowest BCUT2D eigenvalue weighted by atomic mass is 9.99. The lowest BCUT2D eigenvalue weighted by molar-refractivity contribution is -0.151. The second-order valence-corrected chi connectivity index (χ2v) is 7.54. The molecule has 2 saturated heterocycles. The molecular formula is C22H25NO4. The topological polar surface area (TPSA) is 48.0 Å². The molecule has 4 rings (SSSR count). The maximum Gasteiger partial charge on any atom is 0.324 e. The number of cyclic esters (lactones) is 1. The quantitative estimate of drug-likeness (QED) is 0.768. The lowest BCUT2D eigenvalue weighted by Crippen LogP contribution is -2.49. The van der Waals surface area contributed by atoms with Crippen LogP contribution in [0.5, 0.6) is 5.75 Å². The summed E-state index contributed by atoms with van der Waals surface area (Å²) >= 11 is 0. The van der Waals surface area contributed by atoms with Crippen LogP contribution in [0.2, 0.25) is 0 Å².